The van der Waals surface area contributed by atoms with E-state index in [0.29, 0.717) is 29.4 Å². The summed E-state index contributed by atoms with van der Waals surface area (Å²) in [5.41, 5.74) is 12.6. The topological polar surface area (TPSA) is 265 Å². The Balaban J connectivity index is 0. The molecule has 10 N–H and O–H groups in total. The van der Waals surface area contributed by atoms with Crippen LogP contribution in [-0.2, 0) is 29.9 Å². The number of anilines is 5. The van der Waals surface area contributed by atoms with Crippen LogP contribution in [0.3, 0.4) is 0 Å². The number of urea groups is 2. The van der Waals surface area contributed by atoms with Crippen LogP contribution in [0.25, 0.3) is 11.1 Å². The van der Waals surface area contributed by atoms with Crippen molar-refractivity contribution >= 4 is 147 Å². The van der Waals surface area contributed by atoms with Crippen LogP contribution in [-0.4, -0.2) is 76.4 Å². The average Bonchev–Trinajstić information content (AvgIpc) is 0.838. The minimum Gasteiger partial charge on any atom is -0.423 e. The number of benzene rings is 7. The fraction of sp³-hybridized carbons (Fsp3) is 0.185. The second-order valence-corrected chi connectivity index (χ2v) is 22.6. The zero-order valence-electron chi connectivity index (χ0n) is 49.2. The third-order valence-electron chi connectivity index (χ3n) is 11.6. The number of isocyanates is 1. The zero-order valence-corrected chi connectivity index (χ0v) is 56.2. The third kappa shape index (κ3) is 33.2. The van der Waals surface area contributed by atoms with Gasteiger partial charge in [0.15, 0.2) is 0 Å². The van der Waals surface area contributed by atoms with Gasteiger partial charge in [-0.2, -0.15) is 44.5 Å². The fourth-order valence-corrected chi connectivity index (χ4v) is 8.97. The van der Waals surface area contributed by atoms with Crippen molar-refractivity contribution in [2.75, 3.05) is 46.8 Å². The van der Waals surface area contributed by atoms with Crippen molar-refractivity contribution in [2.45, 2.75) is 62.2 Å². The number of nitrogens with one attached hydrogen (secondary N) is 4. The van der Waals surface area contributed by atoms with Gasteiger partial charge in [-0.25, -0.2) is 51.0 Å². The molecule has 7 aromatic carbocycles. The van der Waals surface area contributed by atoms with E-state index in [-0.39, 0.29) is 54.2 Å². The van der Waals surface area contributed by atoms with Gasteiger partial charge >= 0.3 is 37.7 Å². The predicted octanol–water partition coefficient (Wildman–Crippen LogP) is 18.6. The summed E-state index contributed by atoms with van der Waals surface area (Å²) in [6, 6.07) is 38.0. The Bertz CT molecular complexity index is 4000. The zero-order chi connectivity index (χ0) is 70.6. The third-order valence-corrected chi connectivity index (χ3v) is 14.0. The van der Waals surface area contributed by atoms with Gasteiger partial charge in [0.05, 0.1) is 54.5 Å². The van der Waals surface area contributed by atoms with Crippen LogP contribution < -0.4 is 53.6 Å². The number of carbonyl (C=O) groups excluding carboxylic acids is 3. The number of hydrogen-bond acceptors (Lipinski definition) is 15. The molecule has 0 spiro atoms. The smallest absolute Gasteiger partial charge is 0.423 e. The molecule has 0 atom stereocenters. The summed E-state index contributed by atoms with van der Waals surface area (Å²) >= 11 is 26.4. The molecular formula is C65H72BBr3Cl3F9N14O5. The number of aromatic nitrogens is 4. The highest BCUT2D eigenvalue weighted by Gasteiger charge is 2.35. The van der Waals surface area contributed by atoms with Gasteiger partial charge in [-0.1, -0.05) is 156 Å². The van der Waals surface area contributed by atoms with Crippen LogP contribution in [0.5, 0.6) is 0 Å². The molecule has 19 nitrogen and oxygen atoms in total. The first-order chi connectivity index (χ1) is 44.7. The molecule has 0 bridgehead atoms. The molecule has 0 aliphatic heterocycles. The van der Waals surface area contributed by atoms with Crippen LogP contribution in [0.4, 0.5) is 83.2 Å². The van der Waals surface area contributed by atoms with Crippen molar-refractivity contribution in [3.63, 3.8) is 0 Å². The minimum atomic E-state index is -4.62. The maximum atomic E-state index is 12.9. The molecule has 100 heavy (non-hydrogen) atoms. The number of alkyl halides is 9. The number of nitrogens with zero attached hydrogens (tertiary/aromatic N) is 8. The van der Waals surface area contributed by atoms with Gasteiger partial charge in [0.2, 0.25) is 6.08 Å². The Labute approximate surface area is 614 Å². The molecule has 9 aromatic rings. The highest BCUT2D eigenvalue weighted by Crippen LogP contribution is 2.39. The Hall–Kier alpha value is -8.40. The molecule has 0 saturated carbocycles. The Morgan fingerprint density at radius 1 is 0.530 bits per heavy atom. The normalized spacial score (nSPS) is 10.0. The van der Waals surface area contributed by atoms with Gasteiger partial charge in [-0.15, -0.1) is 0 Å². The van der Waals surface area contributed by atoms with Crippen LogP contribution in [0.1, 0.15) is 59.4 Å². The largest absolute Gasteiger partial charge is 0.491 e. The summed E-state index contributed by atoms with van der Waals surface area (Å²) in [5, 5.41) is 24.8. The van der Waals surface area contributed by atoms with Gasteiger partial charge in [-0.05, 0) is 126 Å². The van der Waals surface area contributed by atoms with Gasteiger partial charge in [0.1, 0.15) is 12.7 Å². The summed E-state index contributed by atoms with van der Waals surface area (Å²) in [6.45, 7) is 0.611. The minimum absolute atomic E-state index is 0. The Kier molecular flexibility index (Phi) is 42.5. The number of hydrazine groups is 3. The van der Waals surface area contributed by atoms with Crippen LogP contribution in [0, 0.1) is 0 Å². The van der Waals surface area contributed by atoms with Crippen molar-refractivity contribution in [1.29, 1.82) is 0 Å². The van der Waals surface area contributed by atoms with Crippen LogP contribution in [0.15, 0.2) is 208 Å². The van der Waals surface area contributed by atoms with E-state index in [4.69, 9.17) is 56.4 Å². The standard InChI is InChI=1S/C19H15ClF3N5O.C15H12BrClF3N3O.C8H3ClF3NO.C7H9BrN2.C7H8BrN.C4H5BN2O2.5CH4/c1-28(15-4-2-3-12(7-15)13-9-24-11-25-10-13)27-18(29)26-14-5-6-17(20)16(8-14)19(21,22)23;1-23(11-4-2-3-9(16)7-11)22-14(24)21-10-5-6-13(17)12(8-10)15(18,19)20;9-7-2-1-5(13-4-14)3-6(7)8(10,11)12;1-10(9)7-4-2-3-6(8)5-7;8-7-3-1-2-6(4-7)5-9;8-5(9)4-1-6-3-7-2-4;;;;;/h2-11H,1H3,(H2,26,27,29);2-8H,1H3,(H2,21,22,24);1-3H;2-5H,9H2,1H3;1-4H,5,9H2;1-3,8-9H;5*1H4. The molecule has 0 saturated heterocycles. The number of aliphatic imine (C=N–C) groups is 1. The second-order valence-electron chi connectivity index (χ2n) is 18.6. The van der Waals surface area contributed by atoms with Crippen molar-refractivity contribution in [3.05, 3.63) is 240 Å². The summed E-state index contributed by atoms with van der Waals surface area (Å²) in [6.07, 6.45) is -3.87. The van der Waals surface area contributed by atoms with Crippen molar-refractivity contribution in [2.24, 2.45) is 16.6 Å². The molecule has 0 fully saturated rings. The monoisotopic (exact) mass is 1650 g/mol. The first-order valence-electron chi connectivity index (χ1n) is 26.4. The van der Waals surface area contributed by atoms with Crippen molar-refractivity contribution < 1.29 is 63.9 Å². The molecule has 35 heteroatoms. The number of carbonyl (C=O) groups is 2. The number of nitrogens with two attached hydrogens (primary N) is 2. The quantitative estimate of drug-likeness (QED) is 0.0150. The van der Waals surface area contributed by atoms with E-state index < -0.39 is 69.5 Å². The summed E-state index contributed by atoms with van der Waals surface area (Å²) in [4.78, 5) is 52.1. The number of halogens is 15. The molecule has 0 unspecified atom stereocenters. The number of amides is 4. The SMILES string of the molecule is C.C.C.C.C.CN(N)c1cccc(Br)c1.CN(NC(=O)Nc1ccc(Cl)c(C(F)(F)F)c1)c1cccc(-c2cncnc2)c1.CN(NC(=O)Nc1ccc(Cl)c(C(F)(F)F)c1)c1cccc(Br)c1.NCc1cccc(Br)c1.O=C=Nc1ccc(Cl)c(C(F)(F)F)c1.OB(O)c1cncnc1. The first kappa shape index (κ1) is 93.7. The highest BCUT2D eigenvalue weighted by atomic mass is 79.9. The van der Waals surface area contributed by atoms with Gasteiger partial charge < -0.3 is 31.4 Å². The predicted molar refractivity (Wildman–Crippen MR) is 394 cm³/mol. The molecule has 2 heterocycles. The van der Waals surface area contributed by atoms with Gasteiger partial charge in [0.25, 0.3) is 0 Å². The molecule has 0 radical (unpaired) electrons. The van der Waals surface area contributed by atoms with E-state index in [2.05, 4.69) is 94.2 Å². The first-order valence-corrected chi connectivity index (χ1v) is 29.9. The van der Waals surface area contributed by atoms with Crippen molar-refractivity contribution in [3.8, 4) is 11.1 Å². The van der Waals surface area contributed by atoms with E-state index in [9.17, 15) is 53.9 Å². The van der Waals surface area contributed by atoms with Gasteiger partial charge in [0, 0.05) is 88.3 Å². The Morgan fingerprint density at radius 3 is 1.28 bits per heavy atom. The Morgan fingerprint density at radius 2 is 0.910 bits per heavy atom. The molecule has 0 aliphatic rings. The van der Waals surface area contributed by atoms with Gasteiger partial charge in [-0.3, -0.25) is 10.0 Å². The lowest BCUT2D eigenvalue weighted by atomic mass is 9.83. The molecule has 9 rings (SSSR count). The maximum Gasteiger partial charge on any atom is 0.491 e. The second kappa shape index (κ2) is 45.4. The number of rotatable bonds is 11. The van der Waals surface area contributed by atoms with E-state index in [1.165, 1.54) is 53.3 Å². The average molecular weight is 1660 g/mol. The summed E-state index contributed by atoms with van der Waals surface area (Å²) in [5.74, 6) is 5.50. The van der Waals surface area contributed by atoms with Crippen LogP contribution >= 0.6 is 82.6 Å². The molecule has 2 aromatic heterocycles. The molecule has 4 amide bonds. The molecular weight excluding hydrogens is 1580 g/mol. The lowest BCUT2D eigenvalue weighted by Crippen LogP contribution is -2.42. The van der Waals surface area contributed by atoms with E-state index in [1.807, 2.05) is 73.8 Å². The molecule has 0 aliphatic carbocycles. The lowest BCUT2D eigenvalue weighted by molar-refractivity contribution is -0.138. The maximum absolute atomic E-state index is 12.9. The van der Waals surface area contributed by atoms with Crippen LogP contribution in [0.2, 0.25) is 15.1 Å². The summed E-state index contributed by atoms with van der Waals surface area (Å²) in [7, 11) is 3.54. The molecule has 540 valence electrons. The van der Waals surface area contributed by atoms with E-state index in [1.54, 1.807) is 61.8 Å². The van der Waals surface area contributed by atoms with E-state index >= 15 is 0 Å². The number of hydrogen-bond donors (Lipinski definition) is 8. The highest BCUT2D eigenvalue weighted by molar-refractivity contribution is 9.11. The fourth-order valence-electron chi connectivity index (χ4n) is 7.08. The van der Waals surface area contributed by atoms with Crippen molar-refractivity contribution in [1.82, 2.24) is 30.8 Å². The lowest BCUT2D eigenvalue weighted by Gasteiger charge is -2.21. The van der Waals surface area contributed by atoms with E-state index in [0.717, 1.165) is 72.2 Å². The summed E-state index contributed by atoms with van der Waals surface area (Å²) < 4.78 is 117.